The lowest BCUT2D eigenvalue weighted by molar-refractivity contribution is 0.164. The molecule has 5 nitrogen and oxygen atoms in total. The van der Waals surface area contributed by atoms with Crippen LogP contribution in [-0.2, 0) is 4.74 Å². The third-order valence-corrected chi connectivity index (χ3v) is 2.34. The molecule has 1 rings (SSSR count). The summed E-state index contributed by atoms with van der Waals surface area (Å²) in [5.74, 6) is 1.00. The second-order valence-electron chi connectivity index (χ2n) is 3.38. The summed E-state index contributed by atoms with van der Waals surface area (Å²) in [5.41, 5.74) is 0.385. The van der Waals surface area contributed by atoms with E-state index in [1.165, 1.54) is 14.2 Å². The highest BCUT2D eigenvalue weighted by Gasteiger charge is 2.22. The Labute approximate surface area is 125 Å². The molecule has 1 amide bonds. The fraction of sp³-hybridized carbons (Fsp3) is 0.364. The van der Waals surface area contributed by atoms with Crippen LogP contribution >= 0.6 is 34.8 Å². The van der Waals surface area contributed by atoms with E-state index >= 15 is 0 Å². The summed E-state index contributed by atoms with van der Waals surface area (Å²) in [5, 5.41) is 2.47. The summed E-state index contributed by atoms with van der Waals surface area (Å²) in [6, 6.07) is 4.91. The van der Waals surface area contributed by atoms with E-state index in [0.717, 1.165) is 0 Å². The first-order valence-corrected chi connectivity index (χ1v) is 6.21. The predicted octanol–water partition coefficient (Wildman–Crippen LogP) is 3.62. The summed E-state index contributed by atoms with van der Waals surface area (Å²) >= 11 is 16.4. The Morgan fingerprint density at radius 1 is 1.26 bits per heavy atom. The number of hydrogen-bond acceptors (Lipinski definition) is 4. The van der Waals surface area contributed by atoms with E-state index in [9.17, 15) is 4.79 Å². The summed E-state index contributed by atoms with van der Waals surface area (Å²) in [6.45, 7) is -0.365. The van der Waals surface area contributed by atoms with E-state index < -0.39 is 9.89 Å². The van der Waals surface area contributed by atoms with Crippen LogP contribution in [0.15, 0.2) is 18.2 Å². The lowest BCUT2D eigenvalue weighted by atomic mass is 10.2. The first kappa shape index (κ1) is 16.0. The number of ether oxygens (including phenoxy) is 3. The van der Waals surface area contributed by atoms with E-state index in [4.69, 9.17) is 49.0 Å². The molecule has 0 aromatic heterocycles. The van der Waals surface area contributed by atoms with Gasteiger partial charge in [-0.2, -0.15) is 0 Å². The summed E-state index contributed by atoms with van der Waals surface area (Å²) in [7, 11) is 2.98. The molecule has 19 heavy (non-hydrogen) atoms. The smallest absolute Gasteiger partial charge is 0.411 e. The van der Waals surface area contributed by atoms with Gasteiger partial charge in [0.05, 0.1) is 19.9 Å². The van der Waals surface area contributed by atoms with Crippen molar-refractivity contribution < 1.29 is 19.0 Å². The minimum Gasteiger partial charge on any atom is -0.497 e. The highest BCUT2D eigenvalue weighted by Crippen LogP contribution is 2.29. The number of nitrogens with one attached hydrogen (secondary N) is 1. The Balaban J connectivity index is 2.72. The Morgan fingerprint density at radius 2 is 1.95 bits per heavy atom. The van der Waals surface area contributed by atoms with Crippen LogP contribution in [0.25, 0.3) is 0 Å². The van der Waals surface area contributed by atoms with Gasteiger partial charge in [-0.3, -0.25) is 5.32 Å². The van der Waals surface area contributed by atoms with Crippen LogP contribution in [0.1, 0.15) is 0 Å². The van der Waals surface area contributed by atoms with Crippen molar-refractivity contribution in [2.24, 2.45) is 0 Å². The molecule has 1 N–H and O–H groups in total. The van der Waals surface area contributed by atoms with Crippen LogP contribution in [-0.4, -0.2) is 30.7 Å². The van der Waals surface area contributed by atoms with Crippen LogP contribution < -0.4 is 14.8 Å². The average molecular weight is 329 g/mol. The Hall–Kier alpha value is -1.04. The Morgan fingerprint density at radius 3 is 2.47 bits per heavy atom. The van der Waals surface area contributed by atoms with Crippen molar-refractivity contribution in [2.75, 3.05) is 26.1 Å². The number of halogens is 3. The highest BCUT2D eigenvalue weighted by atomic mass is 35.6. The molecule has 0 fully saturated rings. The first-order chi connectivity index (χ1) is 8.85. The lowest BCUT2D eigenvalue weighted by Gasteiger charge is -2.14. The summed E-state index contributed by atoms with van der Waals surface area (Å²) in [4.78, 5) is 11.5. The molecule has 8 heteroatoms. The minimum absolute atomic E-state index is 0.365. The van der Waals surface area contributed by atoms with E-state index in [2.05, 4.69) is 5.32 Å². The first-order valence-electron chi connectivity index (χ1n) is 5.08. The predicted molar refractivity (Wildman–Crippen MR) is 74.8 cm³/mol. The third kappa shape index (κ3) is 5.63. The molecule has 0 aliphatic heterocycles. The molecular weight excluding hydrogens is 316 g/mol. The number of amides is 1. The molecule has 0 spiro atoms. The maximum atomic E-state index is 11.5. The zero-order valence-electron chi connectivity index (χ0n) is 10.2. The second-order valence-corrected chi connectivity index (χ2v) is 5.90. The van der Waals surface area contributed by atoms with E-state index in [-0.39, 0.29) is 6.61 Å². The molecule has 106 valence electrons. The molecule has 0 bridgehead atoms. The topological polar surface area (TPSA) is 56.8 Å². The summed E-state index contributed by atoms with van der Waals surface area (Å²) < 4.78 is 13.2. The molecule has 0 saturated carbocycles. The quantitative estimate of drug-likeness (QED) is 0.858. The number of benzene rings is 1. The van der Waals surface area contributed by atoms with Gasteiger partial charge in [-0.25, -0.2) is 4.79 Å². The van der Waals surface area contributed by atoms with Gasteiger partial charge >= 0.3 is 6.09 Å². The van der Waals surface area contributed by atoms with E-state index in [1.54, 1.807) is 18.2 Å². The number of methoxy groups -OCH3 is 2. The Kier molecular flexibility index (Phi) is 5.85. The number of alkyl halides is 3. The number of hydrogen-bond donors (Lipinski definition) is 1. The van der Waals surface area contributed by atoms with E-state index in [0.29, 0.717) is 17.2 Å². The lowest BCUT2D eigenvalue weighted by Crippen LogP contribution is -2.21. The third-order valence-electron chi connectivity index (χ3n) is 2.01. The summed E-state index contributed by atoms with van der Waals surface area (Å²) in [6.07, 6.45) is -0.766. The van der Waals surface area contributed by atoms with Crippen molar-refractivity contribution in [3.8, 4) is 11.5 Å². The van der Waals surface area contributed by atoms with Crippen LogP contribution in [0.4, 0.5) is 10.5 Å². The fourth-order valence-electron chi connectivity index (χ4n) is 1.21. The molecule has 1 aromatic rings. The standard InChI is InChI=1S/C11H12Cl3NO4/c1-17-7-3-4-9(18-2)8(5-7)15-10(16)19-6-11(12,13)14/h3-5H,6H2,1-2H3,(H,15,16). The molecule has 0 atom stereocenters. The van der Waals surface area contributed by atoms with Gasteiger partial charge in [0, 0.05) is 6.07 Å². The maximum absolute atomic E-state index is 11.5. The van der Waals surface area contributed by atoms with Crippen LogP contribution in [0.2, 0.25) is 0 Å². The van der Waals surface area contributed by atoms with Crippen molar-refractivity contribution in [1.29, 1.82) is 0 Å². The molecule has 0 radical (unpaired) electrons. The largest absolute Gasteiger partial charge is 0.497 e. The normalized spacial score (nSPS) is 10.8. The van der Waals surface area contributed by atoms with Gasteiger partial charge in [0.2, 0.25) is 3.79 Å². The van der Waals surface area contributed by atoms with Crippen molar-refractivity contribution in [2.45, 2.75) is 3.79 Å². The second kappa shape index (κ2) is 6.93. The van der Waals surface area contributed by atoms with Gasteiger partial charge in [0.1, 0.15) is 18.1 Å². The van der Waals surface area contributed by atoms with Crippen molar-refractivity contribution in [1.82, 2.24) is 0 Å². The van der Waals surface area contributed by atoms with Gasteiger partial charge in [0.15, 0.2) is 0 Å². The van der Waals surface area contributed by atoms with Crippen LogP contribution in [0.5, 0.6) is 11.5 Å². The van der Waals surface area contributed by atoms with Gasteiger partial charge < -0.3 is 14.2 Å². The average Bonchev–Trinajstić information content (AvgIpc) is 2.35. The molecule has 0 heterocycles. The molecule has 0 unspecified atom stereocenters. The number of carbonyl (C=O) groups excluding carboxylic acids is 1. The highest BCUT2D eigenvalue weighted by molar-refractivity contribution is 6.67. The fourth-order valence-corrected chi connectivity index (χ4v) is 1.37. The molecule has 1 aromatic carbocycles. The zero-order chi connectivity index (χ0) is 14.5. The van der Waals surface area contributed by atoms with Crippen LogP contribution in [0, 0.1) is 0 Å². The Bertz CT molecular complexity index is 448. The maximum Gasteiger partial charge on any atom is 0.411 e. The van der Waals surface area contributed by atoms with Crippen molar-refractivity contribution >= 4 is 46.6 Å². The molecule has 0 saturated heterocycles. The van der Waals surface area contributed by atoms with Crippen molar-refractivity contribution in [3.63, 3.8) is 0 Å². The zero-order valence-corrected chi connectivity index (χ0v) is 12.5. The van der Waals surface area contributed by atoms with E-state index in [1.807, 2.05) is 0 Å². The van der Waals surface area contributed by atoms with Crippen molar-refractivity contribution in [3.05, 3.63) is 18.2 Å². The SMILES string of the molecule is COc1ccc(OC)c(NC(=O)OCC(Cl)(Cl)Cl)c1. The van der Waals surface area contributed by atoms with Gasteiger partial charge in [0.25, 0.3) is 0 Å². The molecular formula is C11H12Cl3NO4. The minimum atomic E-state index is -1.66. The van der Waals surface area contributed by atoms with Crippen LogP contribution in [0.3, 0.4) is 0 Å². The number of rotatable bonds is 4. The van der Waals surface area contributed by atoms with Gasteiger partial charge in [-0.05, 0) is 12.1 Å². The molecule has 0 aliphatic carbocycles. The number of carbonyl (C=O) groups is 1. The van der Waals surface area contributed by atoms with Gasteiger partial charge in [-0.15, -0.1) is 0 Å². The van der Waals surface area contributed by atoms with Gasteiger partial charge in [-0.1, -0.05) is 34.8 Å². The number of anilines is 1. The monoisotopic (exact) mass is 327 g/mol. The molecule has 0 aliphatic rings.